The van der Waals surface area contributed by atoms with Crippen LogP contribution in [0.5, 0.6) is 0 Å². The molecule has 1 N–H and O–H groups in total. The van der Waals surface area contributed by atoms with Gasteiger partial charge in [-0.3, -0.25) is 4.79 Å². The molecule has 0 amide bonds. The second-order valence-electron chi connectivity index (χ2n) is 4.26. The lowest BCUT2D eigenvalue weighted by Crippen LogP contribution is -2.21. The third kappa shape index (κ3) is 2.03. The number of methoxy groups -OCH3 is 1. The molecular formula is C12H12ClFO3. The van der Waals surface area contributed by atoms with Crippen molar-refractivity contribution in [2.24, 2.45) is 0 Å². The molecule has 0 bridgehead atoms. The maximum absolute atomic E-state index is 13.9. The molecule has 1 aromatic carbocycles. The lowest BCUT2D eigenvalue weighted by Gasteiger charge is -2.14. The van der Waals surface area contributed by atoms with E-state index < -0.39 is 17.2 Å². The minimum atomic E-state index is -1.09. The SMILES string of the molecule is COCc1cc(Cl)c(F)c(C2(C(=O)O)CC2)c1. The van der Waals surface area contributed by atoms with E-state index in [1.165, 1.54) is 19.2 Å². The summed E-state index contributed by atoms with van der Waals surface area (Å²) >= 11 is 5.77. The Morgan fingerprint density at radius 2 is 2.24 bits per heavy atom. The summed E-state index contributed by atoms with van der Waals surface area (Å²) in [6.45, 7) is 0.280. The number of hydrogen-bond acceptors (Lipinski definition) is 2. The van der Waals surface area contributed by atoms with Crippen molar-refractivity contribution in [1.82, 2.24) is 0 Å². The van der Waals surface area contributed by atoms with Crippen LogP contribution in [0.25, 0.3) is 0 Å². The van der Waals surface area contributed by atoms with Crippen molar-refractivity contribution in [3.8, 4) is 0 Å². The molecule has 5 heteroatoms. The Labute approximate surface area is 103 Å². The summed E-state index contributed by atoms with van der Waals surface area (Å²) in [7, 11) is 1.51. The van der Waals surface area contributed by atoms with Crippen LogP contribution in [0.3, 0.4) is 0 Å². The average Bonchev–Trinajstić information content (AvgIpc) is 3.04. The first kappa shape index (κ1) is 12.3. The van der Waals surface area contributed by atoms with Crippen LogP contribution in [0.1, 0.15) is 24.0 Å². The molecule has 0 aromatic heterocycles. The second kappa shape index (κ2) is 4.27. The monoisotopic (exact) mass is 258 g/mol. The van der Waals surface area contributed by atoms with Crippen LogP contribution in [0.4, 0.5) is 4.39 Å². The quantitative estimate of drug-likeness (QED) is 0.903. The summed E-state index contributed by atoms with van der Waals surface area (Å²) in [6.07, 6.45) is 0.901. The zero-order valence-corrected chi connectivity index (χ0v) is 10.1. The lowest BCUT2D eigenvalue weighted by atomic mass is 9.94. The van der Waals surface area contributed by atoms with Crippen LogP contribution in [0.15, 0.2) is 12.1 Å². The number of carboxylic acids is 1. The third-order valence-corrected chi connectivity index (χ3v) is 3.35. The normalized spacial score (nSPS) is 16.9. The van der Waals surface area contributed by atoms with Gasteiger partial charge in [-0.2, -0.15) is 0 Å². The molecule has 0 heterocycles. The van der Waals surface area contributed by atoms with Gasteiger partial charge in [-0.25, -0.2) is 4.39 Å². The number of aliphatic carboxylic acids is 1. The van der Waals surface area contributed by atoms with Crippen LogP contribution >= 0.6 is 11.6 Å². The molecule has 1 saturated carbocycles. The van der Waals surface area contributed by atoms with Crippen LogP contribution in [0.2, 0.25) is 5.02 Å². The van der Waals surface area contributed by atoms with E-state index in [1.807, 2.05) is 0 Å². The number of halogens is 2. The van der Waals surface area contributed by atoms with Gasteiger partial charge in [-0.05, 0) is 30.5 Å². The second-order valence-corrected chi connectivity index (χ2v) is 4.67. The smallest absolute Gasteiger partial charge is 0.314 e. The van der Waals surface area contributed by atoms with Gasteiger partial charge >= 0.3 is 5.97 Å². The fourth-order valence-corrected chi connectivity index (χ4v) is 2.21. The number of carboxylic acid groups (broad SMARTS) is 1. The molecule has 0 radical (unpaired) electrons. The highest BCUT2D eigenvalue weighted by molar-refractivity contribution is 6.30. The van der Waals surface area contributed by atoms with Gasteiger partial charge in [0.1, 0.15) is 5.82 Å². The van der Waals surface area contributed by atoms with Gasteiger partial charge in [0.25, 0.3) is 0 Å². The number of rotatable bonds is 4. The zero-order valence-electron chi connectivity index (χ0n) is 9.30. The number of carbonyl (C=O) groups is 1. The van der Waals surface area contributed by atoms with Crippen LogP contribution < -0.4 is 0 Å². The Hall–Kier alpha value is -1.13. The van der Waals surface area contributed by atoms with Gasteiger partial charge < -0.3 is 9.84 Å². The van der Waals surface area contributed by atoms with Crippen LogP contribution in [-0.4, -0.2) is 18.2 Å². The van der Waals surface area contributed by atoms with Crippen molar-refractivity contribution >= 4 is 17.6 Å². The highest BCUT2D eigenvalue weighted by Gasteiger charge is 2.53. The van der Waals surface area contributed by atoms with E-state index in [-0.39, 0.29) is 17.2 Å². The number of hydrogen-bond donors (Lipinski definition) is 1. The van der Waals surface area contributed by atoms with E-state index in [0.29, 0.717) is 18.4 Å². The minimum Gasteiger partial charge on any atom is -0.481 e. The third-order valence-electron chi connectivity index (χ3n) is 3.07. The first-order chi connectivity index (χ1) is 8.01. The summed E-state index contributed by atoms with van der Waals surface area (Å²) in [4.78, 5) is 11.2. The van der Waals surface area contributed by atoms with Gasteiger partial charge in [0, 0.05) is 12.7 Å². The highest BCUT2D eigenvalue weighted by atomic mass is 35.5. The summed E-state index contributed by atoms with van der Waals surface area (Å²) in [6, 6.07) is 2.99. The summed E-state index contributed by atoms with van der Waals surface area (Å²) in [5, 5.41) is 9.10. The van der Waals surface area contributed by atoms with Crippen LogP contribution in [0, 0.1) is 5.82 Å². The highest BCUT2D eigenvalue weighted by Crippen LogP contribution is 2.50. The number of ether oxygens (including phenoxy) is 1. The lowest BCUT2D eigenvalue weighted by molar-refractivity contribution is -0.140. The Morgan fingerprint density at radius 1 is 1.59 bits per heavy atom. The van der Waals surface area contributed by atoms with Gasteiger partial charge in [0.05, 0.1) is 17.0 Å². The van der Waals surface area contributed by atoms with E-state index in [0.717, 1.165) is 0 Å². The molecule has 17 heavy (non-hydrogen) atoms. The predicted molar refractivity (Wildman–Crippen MR) is 60.7 cm³/mol. The van der Waals surface area contributed by atoms with Gasteiger partial charge in [-0.1, -0.05) is 11.6 Å². The van der Waals surface area contributed by atoms with Gasteiger partial charge in [-0.15, -0.1) is 0 Å². The van der Waals surface area contributed by atoms with Crippen molar-refractivity contribution in [1.29, 1.82) is 0 Å². The molecule has 0 saturated heterocycles. The molecule has 1 aliphatic carbocycles. The summed E-state index contributed by atoms with van der Waals surface area (Å²) < 4.78 is 18.8. The van der Waals surface area contributed by atoms with Crippen molar-refractivity contribution in [3.63, 3.8) is 0 Å². The van der Waals surface area contributed by atoms with E-state index in [2.05, 4.69) is 0 Å². The topological polar surface area (TPSA) is 46.5 Å². The Balaban J connectivity index is 2.49. The summed E-state index contributed by atoms with van der Waals surface area (Å²) in [5.74, 6) is -1.63. The minimum absolute atomic E-state index is 0.0536. The van der Waals surface area contributed by atoms with E-state index >= 15 is 0 Å². The molecule has 3 nitrogen and oxygen atoms in total. The molecule has 1 aromatic rings. The summed E-state index contributed by atoms with van der Waals surface area (Å²) in [5.41, 5.74) is -0.233. The Bertz CT molecular complexity index is 469. The molecule has 0 atom stereocenters. The molecule has 1 fully saturated rings. The fraction of sp³-hybridized carbons (Fsp3) is 0.417. The molecule has 1 aliphatic rings. The van der Waals surface area contributed by atoms with Crippen LogP contribution in [-0.2, 0) is 21.6 Å². The first-order valence-corrected chi connectivity index (χ1v) is 5.60. The fourth-order valence-electron chi connectivity index (χ4n) is 1.97. The molecule has 0 aliphatic heterocycles. The van der Waals surface area contributed by atoms with Crippen molar-refractivity contribution < 1.29 is 19.0 Å². The first-order valence-electron chi connectivity index (χ1n) is 5.22. The average molecular weight is 259 g/mol. The van der Waals surface area contributed by atoms with Crippen molar-refractivity contribution in [3.05, 3.63) is 34.1 Å². The van der Waals surface area contributed by atoms with Crippen molar-refractivity contribution in [2.75, 3.05) is 7.11 Å². The molecular weight excluding hydrogens is 247 g/mol. The molecule has 92 valence electrons. The molecule has 0 spiro atoms. The van der Waals surface area contributed by atoms with E-state index in [4.69, 9.17) is 21.4 Å². The molecule has 2 rings (SSSR count). The number of benzene rings is 1. The standard InChI is InChI=1S/C12H12ClFO3/c1-17-6-7-4-8(10(14)9(13)5-7)12(2-3-12)11(15)16/h4-5H,2-3,6H2,1H3,(H,15,16). The maximum Gasteiger partial charge on any atom is 0.314 e. The largest absolute Gasteiger partial charge is 0.481 e. The Kier molecular flexibility index (Phi) is 3.10. The van der Waals surface area contributed by atoms with Gasteiger partial charge in [0.2, 0.25) is 0 Å². The maximum atomic E-state index is 13.9. The van der Waals surface area contributed by atoms with E-state index in [9.17, 15) is 9.18 Å². The van der Waals surface area contributed by atoms with Crippen molar-refractivity contribution in [2.45, 2.75) is 24.9 Å². The Morgan fingerprint density at radius 3 is 2.71 bits per heavy atom. The van der Waals surface area contributed by atoms with E-state index in [1.54, 1.807) is 0 Å². The predicted octanol–water partition coefficient (Wildman–Crippen LogP) is 2.74. The van der Waals surface area contributed by atoms with Gasteiger partial charge in [0.15, 0.2) is 0 Å². The zero-order chi connectivity index (χ0) is 12.6. The molecule has 0 unspecified atom stereocenters.